The molecule has 2 aliphatic heterocycles. The summed E-state index contributed by atoms with van der Waals surface area (Å²) in [6.45, 7) is 2.61. The summed E-state index contributed by atoms with van der Waals surface area (Å²) >= 11 is 0. The van der Waals surface area contributed by atoms with Crippen LogP contribution in [0.2, 0.25) is 0 Å². The summed E-state index contributed by atoms with van der Waals surface area (Å²) in [5.74, 6) is -0.919. The topological polar surface area (TPSA) is 231 Å². The van der Waals surface area contributed by atoms with Crippen molar-refractivity contribution in [3.63, 3.8) is 0 Å². The summed E-state index contributed by atoms with van der Waals surface area (Å²) < 4.78 is 33.6. The van der Waals surface area contributed by atoms with Crippen molar-refractivity contribution in [2.24, 2.45) is 0 Å². The van der Waals surface area contributed by atoms with Crippen molar-refractivity contribution in [2.45, 2.75) is 280 Å². The van der Waals surface area contributed by atoms with Crippen molar-refractivity contribution in [1.82, 2.24) is 0 Å². The van der Waals surface area contributed by atoms with Crippen molar-refractivity contribution in [3.05, 3.63) is 12.2 Å². The van der Waals surface area contributed by atoms with Crippen molar-refractivity contribution < 1.29 is 73.8 Å². The minimum absolute atomic E-state index is 0.164. The van der Waals surface area contributed by atoms with E-state index in [4.69, 9.17) is 28.4 Å². The van der Waals surface area contributed by atoms with Gasteiger partial charge in [0.2, 0.25) is 0 Å². The maximum absolute atomic E-state index is 13.0. The molecule has 11 unspecified atom stereocenters. The molecule has 11 atom stereocenters. The number of rotatable bonds is 42. The zero-order valence-electron chi connectivity index (χ0n) is 41.7. The molecule has 15 nitrogen and oxygen atoms in total. The largest absolute Gasteiger partial charge is 0.462 e. The van der Waals surface area contributed by atoms with Crippen LogP contribution in [0.25, 0.3) is 0 Å². The Balaban J connectivity index is 1.79. The van der Waals surface area contributed by atoms with Gasteiger partial charge < -0.3 is 64.2 Å². The standard InChI is InChI=1S/C52H96O15/c1-3-5-7-9-11-13-15-17-18-19-20-21-23-25-27-29-31-33-35-44(55)65-40(37-62-43(54)34-32-30-28-26-24-22-16-14-12-10-8-6-4-2)38-63-51-50(61)48(59)46(57)42(67-51)39-64-52-49(60)47(58)45(56)41(36-53)66-52/h18-19,40-42,45-53,56-61H,3-17,20-39H2,1-2H3/b19-18-. The molecule has 0 aromatic carbocycles. The molecular weight excluding hydrogens is 865 g/mol. The van der Waals surface area contributed by atoms with Gasteiger partial charge >= 0.3 is 11.9 Å². The zero-order chi connectivity index (χ0) is 48.9. The maximum atomic E-state index is 13.0. The van der Waals surface area contributed by atoms with E-state index >= 15 is 0 Å². The molecule has 394 valence electrons. The predicted molar refractivity (Wildman–Crippen MR) is 257 cm³/mol. The molecule has 0 spiro atoms. The van der Waals surface area contributed by atoms with Crippen LogP contribution in [0.4, 0.5) is 0 Å². The number of carbonyl (C=O) groups excluding carboxylic acids is 2. The van der Waals surface area contributed by atoms with Crippen molar-refractivity contribution in [2.75, 3.05) is 26.4 Å². The van der Waals surface area contributed by atoms with E-state index in [1.165, 1.54) is 122 Å². The van der Waals surface area contributed by atoms with Gasteiger partial charge in [-0.05, 0) is 38.5 Å². The molecule has 0 aromatic rings. The Labute approximate surface area is 403 Å². The molecule has 0 bridgehead atoms. The normalized spacial score (nSPS) is 26.0. The first-order valence-corrected chi connectivity index (χ1v) is 26.8. The highest BCUT2D eigenvalue weighted by atomic mass is 16.7. The third-order valence-electron chi connectivity index (χ3n) is 13.0. The molecule has 67 heavy (non-hydrogen) atoms. The van der Waals surface area contributed by atoms with Crippen molar-refractivity contribution >= 4 is 11.9 Å². The Morgan fingerprint density at radius 2 is 0.851 bits per heavy atom. The van der Waals surface area contributed by atoms with E-state index in [0.29, 0.717) is 12.8 Å². The molecule has 2 rings (SSSR count). The summed E-state index contributed by atoms with van der Waals surface area (Å²) in [7, 11) is 0. The molecule has 2 heterocycles. The number of hydrogen-bond acceptors (Lipinski definition) is 15. The van der Waals surface area contributed by atoms with Crippen LogP contribution < -0.4 is 0 Å². The number of hydrogen-bond donors (Lipinski definition) is 7. The summed E-state index contributed by atoms with van der Waals surface area (Å²) in [6.07, 6.45) is 22.3. The van der Waals surface area contributed by atoms with Gasteiger partial charge in [0.05, 0.1) is 19.8 Å². The average Bonchev–Trinajstić information content (AvgIpc) is 3.32. The first kappa shape index (κ1) is 61.4. The number of unbranched alkanes of at least 4 members (excludes halogenated alkanes) is 26. The minimum Gasteiger partial charge on any atom is -0.462 e. The van der Waals surface area contributed by atoms with Crippen LogP contribution in [0.3, 0.4) is 0 Å². The third kappa shape index (κ3) is 28.0. The van der Waals surface area contributed by atoms with Crippen LogP contribution in [-0.4, -0.2) is 142 Å². The van der Waals surface area contributed by atoms with Crippen molar-refractivity contribution in [3.8, 4) is 0 Å². The van der Waals surface area contributed by atoms with Gasteiger partial charge in [-0.25, -0.2) is 0 Å². The second-order valence-corrected chi connectivity index (χ2v) is 19.1. The monoisotopic (exact) mass is 961 g/mol. The second kappa shape index (κ2) is 39.9. The van der Waals surface area contributed by atoms with Gasteiger partial charge in [-0.15, -0.1) is 0 Å². The van der Waals surface area contributed by atoms with Gasteiger partial charge in [-0.3, -0.25) is 9.59 Å². The number of esters is 2. The first-order chi connectivity index (χ1) is 32.5. The Morgan fingerprint density at radius 1 is 0.463 bits per heavy atom. The van der Waals surface area contributed by atoms with Crippen LogP contribution in [0, 0.1) is 0 Å². The van der Waals surface area contributed by atoms with Gasteiger partial charge in [0, 0.05) is 12.8 Å². The molecule has 0 aliphatic carbocycles. The predicted octanol–water partition coefficient (Wildman–Crippen LogP) is 7.77. The van der Waals surface area contributed by atoms with E-state index in [0.717, 1.165) is 51.4 Å². The van der Waals surface area contributed by atoms with Gasteiger partial charge in [-0.2, -0.15) is 0 Å². The Hall–Kier alpha value is -1.76. The molecule has 0 aromatic heterocycles. The molecule has 0 saturated carbocycles. The molecule has 7 N–H and O–H groups in total. The lowest BCUT2D eigenvalue weighted by molar-refractivity contribution is -0.332. The lowest BCUT2D eigenvalue weighted by Crippen LogP contribution is -2.61. The SMILES string of the molecule is CCCCCCCCC/C=C\CCCCCCCCCC(=O)OC(COC(=O)CCCCCCCCCCCCCCC)COC1OC(COC2OC(CO)C(O)C(O)C2O)C(O)C(O)C1O. The Bertz CT molecular complexity index is 1220. The number of ether oxygens (including phenoxy) is 6. The number of allylic oxidation sites excluding steroid dienone is 2. The van der Waals surface area contributed by atoms with Gasteiger partial charge in [0.1, 0.15) is 55.4 Å². The maximum Gasteiger partial charge on any atom is 0.306 e. The smallest absolute Gasteiger partial charge is 0.306 e. The molecule has 2 aliphatic rings. The zero-order valence-corrected chi connectivity index (χ0v) is 41.7. The lowest BCUT2D eigenvalue weighted by Gasteiger charge is -2.42. The van der Waals surface area contributed by atoms with E-state index in [9.17, 15) is 45.3 Å². The highest BCUT2D eigenvalue weighted by Gasteiger charge is 2.47. The minimum atomic E-state index is -1.76. The van der Waals surface area contributed by atoms with E-state index in [1.54, 1.807) is 0 Å². The fourth-order valence-corrected chi connectivity index (χ4v) is 8.57. The average molecular weight is 961 g/mol. The van der Waals surface area contributed by atoms with Crippen LogP contribution in [-0.2, 0) is 38.0 Å². The van der Waals surface area contributed by atoms with E-state index in [1.807, 2.05) is 0 Å². The highest BCUT2D eigenvalue weighted by molar-refractivity contribution is 5.70. The van der Waals surface area contributed by atoms with E-state index in [2.05, 4.69) is 26.0 Å². The number of carbonyl (C=O) groups is 2. The second-order valence-electron chi connectivity index (χ2n) is 19.1. The molecule has 2 saturated heterocycles. The van der Waals surface area contributed by atoms with Crippen LogP contribution in [0.15, 0.2) is 12.2 Å². The van der Waals surface area contributed by atoms with Gasteiger partial charge in [0.15, 0.2) is 18.7 Å². The van der Waals surface area contributed by atoms with Gasteiger partial charge in [-0.1, -0.05) is 174 Å². The first-order valence-electron chi connectivity index (χ1n) is 26.8. The fourth-order valence-electron chi connectivity index (χ4n) is 8.57. The van der Waals surface area contributed by atoms with Crippen LogP contribution in [0.5, 0.6) is 0 Å². The van der Waals surface area contributed by atoms with Gasteiger partial charge in [0.25, 0.3) is 0 Å². The quantitative estimate of drug-likeness (QED) is 0.0176. The third-order valence-corrected chi connectivity index (χ3v) is 13.0. The molecule has 15 heteroatoms. The molecule has 0 amide bonds. The van der Waals surface area contributed by atoms with Crippen LogP contribution >= 0.6 is 0 Å². The molecular formula is C52H96O15. The van der Waals surface area contributed by atoms with Crippen molar-refractivity contribution in [1.29, 1.82) is 0 Å². The summed E-state index contributed by atoms with van der Waals surface area (Å²) in [6, 6.07) is 0. The van der Waals surface area contributed by atoms with Crippen LogP contribution in [0.1, 0.15) is 213 Å². The van der Waals surface area contributed by atoms with E-state index < -0.39 is 92.7 Å². The lowest BCUT2D eigenvalue weighted by atomic mass is 9.98. The Kier molecular flexibility index (Phi) is 36.5. The molecule has 0 radical (unpaired) electrons. The number of aliphatic hydroxyl groups excluding tert-OH is 7. The summed E-state index contributed by atoms with van der Waals surface area (Å²) in [5, 5.41) is 72.1. The summed E-state index contributed by atoms with van der Waals surface area (Å²) in [5.41, 5.74) is 0. The number of aliphatic hydroxyl groups is 7. The fraction of sp³-hybridized carbons (Fsp3) is 0.923. The Morgan fingerprint density at radius 3 is 1.31 bits per heavy atom. The summed E-state index contributed by atoms with van der Waals surface area (Å²) in [4.78, 5) is 25.8. The van der Waals surface area contributed by atoms with E-state index in [-0.39, 0.29) is 26.1 Å². The highest BCUT2D eigenvalue weighted by Crippen LogP contribution is 2.27. The molecule has 2 fully saturated rings.